The largest absolute Gasteiger partial charge is 0.378 e. The van der Waals surface area contributed by atoms with Crippen molar-refractivity contribution in [3.05, 3.63) is 54.4 Å². The van der Waals surface area contributed by atoms with Crippen LogP contribution in [-0.4, -0.2) is 51.8 Å². The zero-order chi connectivity index (χ0) is 19.6. The molecule has 148 valence electrons. The van der Waals surface area contributed by atoms with Gasteiger partial charge >= 0.3 is 0 Å². The van der Waals surface area contributed by atoms with Crippen LogP contribution in [0.3, 0.4) is 0 Å². The molecule has 0 spiro atoms. The smallest absolute Gasteiger partial charge is 0.225 e. The maximum Gasteiger partial charge on any atom is 0.225 e. The van der Waals surface area contributed by atoms with E-state index in [0.29, 0.717) is 37.5 Å². The fourth-order valence-corrected chi connectivity index (χ4v) is 3.77. The Balaban J connectivity index is 1.32. The zero-order valence-electron chi connectivity index (χ0n) is 16.0. The van der Waals surface area contributed by atoms with Crippen LogP contribution in [-0.2, 0) is 16.0 Å². The van der Waals surface area contributed by atoms with Gasteiger partial charge in [-0.05, 0) is 18.1 Å². The van der Waals surface area contributed by atoms with Crippen molar-refractivity contribution in [3.63, 3.8) is 0 Å². The molecule has 0 saturated carbocycles. The molecule has 0 atom stereocenters. The minimum Gasteiger partial charge on any atom is -0.378 e. The lowest BCUT2D eigenvalue weighted by atomic mass is 10.1. The molecule has 3 aromatic heterocycles. The molecule has 1 aliphatic heterocycles. The standard InChI is InChI=1S/C21H22N6O2/c28-20(6-5-15-14-22-17-4-2-1-3-16(15)17)25-18-13-21(26-9-11-29-12-10-26)27-19(24-18)7-8-23-27/h1-4,7-8,13-14,22H,5-6,9-12H2,(H,24,25,28). The van der Waals surface area contributed by atoms with Crippen molar-refractivity contribution in [3.8, 4) is 0 Å². The first-order valence-electron chi connectivity index (χ1n) is 9.80. The fourth-order valence-electron chi connectivity index (χ4n) is 3.77. The van der Waals surface area contributed by atoms with Crippen LogP contribution < -0.4 is 10.2 Å². The number of H-pyrrole nitrogens is 1. The number of ether oxygens (including phenoxy) is 1. The number of anilines is 2. The number of aromatic amines is 1. The number of nitrogens with one attached hydrogen (secondary N) is 2. The van der Waals surface area contributed by atoms with Gasteiger partial charge in [-0.2, -0.15) is 9.61 Å². The fraction of sp³-hybridized carbons (Fsp3) is 0.286. The van der Waals surface area contributed by atoms with Crippen molar-refractivity contribution >= 4 is 34.1 Å². The summed E-state index contributed by atoms with van der Waals surface area (Å²) in [6, 6.07) is 11.8. The van der Waals surface area contributed by atoms with E-state index < -0.39 is 0 Å². The van der Waals surface area contributed by atoms with E-state index >= 15 is 0 Å². The lowest BCUT2D eigenvalue weighted by molar-refractivity contribution is -0.116. The van der Waals surface area contributed by atoms with Crippen molar-refractivity contribution in [1.29, 1.82) is 0 Å². The maximum absolute atomic E-state index is 12.6. The third-order valence-electron chi connectivity index (χ3n) is 5.24. The topological polar surface area (TPSA) is 87.5 Å². The number of rotatable bonds is 5. The highest BCUT2D eigenvalue weighted by atomic mass is 16.5. The maximum atomic E-state index is 12.6. The van der Waals surface area contributed by atoms with E-state index in [2.05, 4.69) is 31.3 Å². The van der Waals surface area contributed by atoms with Crippen LogP contribution in [0.5, 0.6) is 0 Å². The number of aryl methyl sites for hydroxylation is 1. The number of morpholine rings is 1. The predicted octanol–water partition coefficient (Wildman–Crippen LogP) is 2.62. The first-order chi connectivity index (χ1) is 14.3. The highest BCUT2D eigenvalue weighted by molar-refractivity contribution is 5.91. The van der Waals surface area contributed by atoms with Crippen LogP contribution >= 0.6 is 0 Å². The first kappa shape index (κ1) is 17.7. The van der Waals surface area contributed by atoms with Crippen LogP contribution in [0.25, 0.3) is 16.6 Å². The second-order valence-corrected chi connectivity index (χ2v) is 7.11. The second kappa shape index (κ2) is 7.56. The monoisotopic (exact) mass is 390 g/mol. The van der Waals surface area contributed by atoms with Crippen molar-refractivity contribution in [2.24, 2.45) is 0 Å². The van der Waals surface area contributed by atoms with E-state index in [4.69, 9.17) is 4.74 Å². The molecule has 1 fully saturated rings. The minimum absolute atomic E-state index is 0.0560. The Morgan fingerprint density at radius 2 is 2.07 bits per heavy atom. The number of para-hydroxylation sites is 1. The van der Waals surface area contributed by atoms with E-state index in [1.54, 1.807) is 10.7 Å². The highest BCUT2D eigenvalue weighted by Crippen LogP contribution is 2.22. The van der Waals surface area contributed by atoms with E-state index in [0.717, 1.165) is 35.4 Å². The Kier molecular flexibility index (Phi) is 4.61. The molecule has 0 aliphatic carbocycles. The molecule has 2 N–H and O–H groups in total. The van der Waals surface area contributed by atoms with Crippen LogP contribution in [0.2, 0.25) is 0 Å². The number of aromatic nitrogens is 4. The van der Waals surface area contributed by atoms with Crippen LogP contribution in [0, 0.1) is 0 Å². The summed E-state index contributed by atoms with van der Waals surface area (Å²) in [5, 5.41) is 8.48. The third-order valence-corrected chi connectivity index (χ3v) is 5.24. The van der Waals surface area contributed by atoms with Gasteiger partial charge in [-0.1, -0.05) is 18.2 Å². The molecule has 8 heteroatoms. The average molecular weight is 390 g/mol. The molecule has 4 aromatic rings. The van der Waals surface area contributed by atoms with Gasteiger partial charge in [-0.25, -0.2) is 4.98 Å². The van der Waals surface area contributed by atoms with Crippen molar-refractivity contribution in [2.45, 2.75) is 12.8 Å². The molecule has 4 heterocycles. The number of amides is 1. The van der Waals surface area contributed by atoms with Gasteiger partial charge in [0.25, 0.3) is 0 Å². The lowest BCUT2D eigenvalue weighted by Crippen LogP contribution is -2.37. The van der Waals surface area contributed by atoms with Gasteiger partial charge in [-0.3, -0.25) is 4.79 Å². The second-order valence-electron chi connectivity index (χ2n) is 7.11. The Morgan fingerprint density at radius 1 is 1.21 bits per heavy atom. The van der Waals surface area contributed by atoms with Gasteiger partial charge < -0.3 is 19.9 Å². The molecule has 29 heavy (non-hydrogen) atoms. The third kappa shape index (κ3) is 3.54. The molecular weight excluding hydrogens is 368 g/mol. The summed E-state index contributed by atoms with van der Waals surface area (Å²) >= 11 is 0. The molecule has 1 aromatic carbocycles. The summed E-state index contributed by atoms with van der Waals surface area (Å²) in [7, 11) is 0. The molecule has 1 aliphatic rings. The van der Waals surface area contributed by atoms with E-state index in [-0.39, 0.29) is 5.91 Å². The lowest BCUT2D eigenvalue weighted by Gasteiger charge is -2.29. The van der Waals surface area contributed by atoms with Crippen molar-refractivity contribution < 1.29 is 9.53 Å². The Labute approximate surface area is 167 Å². The van der Waals surface area contributed by atoms with E-state index in [1.165, 1.54) is 0 Å². The molecule has 1 amide bonds. The Bertz CT molecular complexity index is 1160. The summed E-state index contributed by atoms with van der Waals surface area (Å²) < 4.78 is 7.25. The zero-order valence-corrected chi connectivity index (χ0v) is 16.0. The quantitative estimate of drug-likeness (QED) is 0.547. The van der Waals surface area contributed by atoms with Gasteiger partial charge in [0.05, 0.1) is 19.4 Å². The molecular formula is C21H22N6O2. The molecule has 5 rings (SSSR count). The molecule has 0 bridgehead atoms. The number of hydrogen-bond donors (Lipinski definition) is 2. The number of benzene rings is 1. The number of carbonyl (C=O) groups is 1. The Morgan fingerprint density at radius 3 is 2.97 bits per heavy atom. The van der Waals surface area contributed by atoms with Crippen molar-refractivity contribution in [1.82, 2.24) is 19.6 Å². The summed E-state index contributed by atoms with van der Waals surface area (Å²) in [5.41, 5.74) is 2.94. The predicted molar refractivity (Wildman–Crippen MR) is 111 cm³/mol. The van der Waals surface area contributed by atoms with Crippen LogP contribution in [0.1, 0.15) is 12.0 Å². The van der Waals surface area contributed by atoms with E-state index in [1.807, 2.05) is 36.5 Å². The Hall–Kier alpha value is -3.39. The first-order valence-corrected chi connectivity index (χ1v) is 9.80. The minimum atomic E-state index is -0.0560. The van der Waals surface area contributed by atoms with Gasteiger partial charge in [0.15, 0.2) is 5.65 Å². The number of fused-ring (bicyclic) bond motifs is 2. The highest BCUT2D eigenvalue weighted by Gasteiger charge is 2.17. The summed E-state index contributed by atoms with van der Waals surface area (Å²) in [6.07, 6.45) is 4.75. The van der Waals surface area contributed by atoms with Gasteiger partial charge in [0.1, 0.15) is 11.6 Å². The molecule has 8 nitrogen and oxygen atoms in total. The van der Waals surface area contributed by atoms with E-state index in [9.17, 15) is 4.79 Å². The molecule has 0 radical (unpaired) electrons. The summed E-state index contributed by atoms with van der Waals surface area (Å²) in [4.78, 5) is 22.6. The van der Waals surface area contributed by atoms with Crippen molar-refractivity contribution in [2.75, 3.05) is 36.5 Å². The summed E-state index contributed by atoms with van der Waals surface area (Å²) in [6.45, 7) is 2.93. The average Bonchev–Trinajstić information content (AvgIpc) is 3.39. The van der Waals surface area contributed by atoms with Crippen LogP contribution in [0.15, 0.2) is 48.8 Å². The van der Waals surface area contributed by atoms with Gasteiger partial charge in [0.2, 0.25) is 5.91 Å². The normalized spacial score (nSPS) is 14.6. The van der Waals surface area contributed by atoms with Crippen LogP contribution in [0.4, 0.5) is 11.6 Å². The number of nitrogens with zero attached hydrogens (tertiary/aromatic N) is 4. The number of hydrogen-bond acceptors (Lipinski definition) is 5. The summed E-state index contributed by atoms with van der Waals surface area (Å²) in [5.74, 6) is 1.40. The molecule has 1 saturated heterocycles. The van der Waals surface area contributed by atoms with Gasteiger partial charge in [-0.15, -0.1) is 0 Å². The number of carbonyl (C=O) groups excluding carboxylic acids is 1. The van der Waals surface area contributed by atoms with Gasteiger partial charge in [0, 0.05) is 48.7 Å². The molecule has 0 unspecified atom stereocenters. The SMILES string of the molecule is O=C(CCc1c[nH]c2ccccc12)Nc1cc(N2CCOCC2)n2nccc2n1.